The van der Waals surface area contributed by atoms with Gasteiger partial charge in [-0.2, -0.15) is 0 Å². The highest BCUT2D eigenvalue weighted by Crippen LogP contribution is 2.25. The predicted octanol–water partition coefficient (Wildman–Crippen LogP) is 0.429. The van der Waals surface area contributed by atoms with Crippen LogP contribution in [0.15, 0.2) is 0 Å². The zero-order chi connectivity index (χ0) is 11.5. The maximum absolute atomic E-state index is 11.1. The number of hydrogen-bond donors (Lipinski definition) is 1. The highest BCUT2D eigenvalue weighted by molar-refractivity contribution is 5.72. The van der Waals surface area contributed by atoms with Gasteiger partial charge in [0, 0.05) is 20.0 Å². The molecule has 2 rings (SSSR count). The van der Waals surface area contributed by atoms with Crippen LogP contribution in [0.4, 0.5) is 0 Å². The molecule has 0 bridgehead atoms. The number of aryl methyl sites for hydroxylation is 1. The van der Waals surface area contributed by atoms with E-state index in [0.29, 0.717) is 25.3 Å². The predicted molar refractivity (Wildman–Crippen MR) is 55.2 cm³/mol. The van der Waals surface area contributed by atoms with Crippen LogP contribution < -0.4 is 0 Å². The smallest absolute Gasteiger partial charge is 0.326 e. The summed E-state index contributed by atoms with van der Waals surface area (Å²) in [7, 11) is 1.61. The molecule has 1 aliphatic rings. The number of aromatic nitrogens is 3. The minimum absolute atomic E-state index is 0.509. The second kappa shape index (κ2) is 4.61. The first-order chi connectivity index (χ1) is 7.74. The minimum Gasteiger partial charge on any atom is -0.480 e. The van der Waals surface area contributed by atoms with Gasteiger partial charge >= 0.3 is 5.97 Å². The monoisotopic (exact) mass is 225 g/mol. The largest absolute Gasteiger partial charge is 0.480 e. The normalized spacial score (nSPS) is 19.4. The summed E-state index contributed by atoms with van der Waals surface area (Å²) in [6.07, 6.45) is 2.93. The molecule has 1 N–H and O–H groups in total. The van der Waals surface area contributed by atoms with Gasteiger partial charge in [0.05, 0.1) is 6.61 Å². The Kier molecular flexibility index (Phi) is 3.19. The first-order valence-electron chi connectivity index (χ1n) is 5.38. The number of methoxy groups -OCH3 is 1. The van der Waals surface area contributed by atoms with Crippen molar-refractivity contribution in [2.24, 2.45) is 0 Å². The molecule has 1 aromatic heterocycles. The van der Waals surface area contributed by atoms with Gasteiger partial charge in [0.2, 0.25) is 0 Å². The van der Waals surface area contributed by atoms with Gasteiger partial charge in [0.1, 0.15) is 17.7 Å². The molecule has 1 aromatic rings. The Morgan fingerprint density at radius 1 is 1.62 bits per heavy atom. The molecule has 0 amide bonds. The Hall–Kier alpha value is -1.43. The zero-order valence-electron chi connectivity index (χ0n) is 9.22. The van der Waals surface area contributed by atoms with E-state index in [1.165, 1.54) is 0 Å². The summed E-state index contributed by atoms with van der Waals surface area (Å²) < 4.78 is 6.73. The van der Waals surface area contributed by atoms with E-state index < -0.39 is 12.0 Å². The van der Waals surface area contributed by atoms with Gasteiger partial charge in [-0.25, -0.2) is 4.79 Å². The Labute approximate surface area is 93.2 Å². The van der Waals surface area contributed by atoms with Crippen LogP contribution in [-0.2, 0) is 22.4 Å². The second-order valence-corrected chi connectivity index (χ2v) is 3.89. The molecule has 6 nitrogen and oxygen atoms in total. The molecule has 0 aromatic carbocycles. The fourth-order valence-corrected chi connectivity index (χ4v) is 2.07. The molecule has 0 saturated carbocycles. The Balaban J connectivity index is 2.28. The molecule has 0 spiro atoms. The third kappa shape index (κ3) is 1.92. The van der Waals surface area contributed by atoms with Crippen molar-refractivity contribution >= 4 is 5.97 Å². The average molecular weight is 225 g/mol. The molecular weight excluding hydrogens is 210 g/mol. The summed E-state index contributed by atoms with van der Waals surface area (Å²) in [4.78, 5) is 11.1. The number of carbonyl (C=O) groups is 1. The van der Waals surface area contributed by atoms with Crippen LogP contribution in [0, 0.1) is 0 Å². The molecule has 0 saturated heterocycles. The highest BCUT2D eigenvalue weighted by Gasteiger charge is 2.29. The van der Waals surface area contributed by atoms with Crippen molar-refractivity contribution in [2.45, 2.75) is 31.7 Å². The number of carboxylic acids is 1. The zero-order valence-corrected chi connectivity index (χ0v) is 9.22. The maximum Gasteiger partial charge on any atom is 0.326 e. The number of fused-ring (bicyclic) bond motifs is 1. The fraction of sp³-hybridized carbons (Fsp3) is 0.700. The van der Waals surface area contributed by atoms with Crippen LogP contribution in [0.5, 0.6) is 0 Å². The van der Waals surface area contributed by atoms with Gasteiger partial charge in [0.15, 0.2) is 0 Å². The third-order valence-electron chi connectivity index (χ3n) is 2.84. The van der Waals surface area contributed by atoms with Crippen LogP contribution in [-0.4, -0.2) is 39.6 Å². The van der Waals surface area contributed by atoms with Gasteiger partial charge in [-0.3, -0.25) is 0 Å². The van der Waals surface area contributed by atoms with Crippen LogP contribution in [0.25, 0.3) is 0 Å². The molecule has 0 fully saturated rings. The fourth-order valence-electron chi connectivity index (χ4n) is 2.07. The van der Waals surface area contributed by atoms with E-state index in [0.717, 1.165) is 18.7 Å². The van der Waals surface area contributed by atoms with Gasteiger partial charge in [0.25, 0.3) is 0 Å². The molecule has 2 heterocycles. The van der Waals surface area contributed by atoms with E-state index in [9.17, 15) is 4.79 Å². The lowest BCUT2D eigenvalue weighted by Gasteiger charge is -2.22. The SMILES string of the molecule is COCCc1nnc2n1C(C(=O)O)CCC2. The number of rotatable bonds is 4. The third-order valence-corrected chi connectivity index (χ3v) is 2.84. The first kappa shape index (κ1) is 11.1. The van der Waals surface area contributed by atoms with Crippen molar-refractivity contribution in [1.29, 1.82) is 0 Å². The Morgan fingerprint density at radius 2 is 2.44 bits per heavy atom. The van der Waals surface area contributed by atoms with Crippen LogP contribution in [0.2, 0.25) is 0 Å². The van der Waals surface area contributed by atoms with E-state index in [2.05, 4.69) is 10.2 Å². The molecule has 88 valence electrons. The van der Waals surface area contributed by atoms with E-state index in [1.54, 1.807) is 11.7 Å². The molecular formula is C10H15N3O3. The van der Waals surface area contributed by atoms with Gasteiger partial charge < -0.3 is 14.4 Å². The lowest BCUT2D eigenvalue weighted by Crippen LogP contribution is -2.27. The van der Waals surface area contributed by atoms with E-state index in [-0.39, 0.29) is 0 Å². The van der Waals surface area contributed by atoms with Crippen molar-refractivity contribution in [3.63, 3.8) is 0 Å². The topological polar surface area (TPSA) is 77.2 Å². The second-order valence-electron chi connectivity index (χ2n) is 3.89. The van der Waals surface area contributed by atoms with Crippen LogP contribution >= 0.6 is 0 Å². The number of aliphatic carboxylic acids is 1. The Morgan fingerprint density at radius 3 is 3.12 bits per heavy atom. The lowest BCUT2D eigenvalue weighted by molar-refractivity contribution is -0.141. The van der Waals surface area contributed by atoms with Crippen molar-refractivity contribution in [1.82, 2.24) is 14.8 Å². The molecule has 16 heavy (non-hydrogen) atoms. The summed E-state index contributed by atoms with van der Waals surface area (Å²) in [5.74, 6) is 0.688. The van der Waals surface area contributed by atoms with E-state index in [4.69, 9.17) is 9.84 Å². The van der Waals surface area contributed by atoms with Crippen LogP contribution in [0.3, 0.4) is 0 Å². The van der Waals surface area contributed by atoms with E-state index in [1.807, 2.05) is 0 Å². The number of hydrogen-bond acceptors (Lipinski definition) is 4. The lowest BCUT2D eigenvalue weighted by atomic mass is 10.0. The quantitative estimate of drug-likeness (QED) is 0.804. The highest BCUT2D eigenvalue weighted by atomic mass is 16.5. The first-order valence-corrected chi connectivity index (χ1v) is 5.38. The summed E-state index contributed by atoms with van der Waals surface area (Å²) in [6, 6.07) is -0.509. The summed E-state index contributed by atoms with van der Waals surface area (Å²) in [5, 5.41) is 17.2. The standard InChI is InChI=1S/C10H15N3O3/c1-16-6-5-9-12-11-8-4-2-3-7(10(14)15)13(8)9/h7H,2-6H2,1H3,(H,14,15). The number of carboxylic acid groups (broad SMARTS) is 1. The van der Waals surface area contributed by atoms with E-state index >= 15 is 0 Å². The van der Waals surface area contributed by atoms with Crippen molar-refractivity contribution in [3.05, 3.63) is 11.6 Å². The molecule has 0 aliphatic carbocycles. The minimum atomic E-state index is -0.806. The molecule has 6 heteroatoms. The average Bonchev–Trinajstić information content (AvgIpc) is 2.69. The van der Waals surface area contributed by atoms with Crippen LogP contribution in [0.1, 0.15) is 30.5 Å². The molecule has 1 atom stereocenters. The van der Waals surface area contributed by atoms with Gasteiger partial charge in [-0.15, -0.1) is 10.2 Å². The number of nitrogens with zero attached hydrogens (tertiary/aromatic N) is 3. The molecule has 0 radical (unpaired) electrons. The maximum atomic E-state index is 11.1. The Bertz CT molecular complexity index is 389. The van der Waals surface area contributed by atoms with Gasteiger partial charge in [-0.1, -0.05) is 0 Å². The van der Waals surface area contributed by atoms with Crippen molar-refractivity contribution in [3.8, 4) is 0 Å². The molecule has 1 aliphatic heterocycles. The summed E-state index contributed by atoms with van der Waals surface area (Å²) in [5.41, 5.74) is 0. The summed E-state index contributed by atoms with van der Waals surface area (Å²) in [6.45, 7) is 0.532. The summed E-state index contributed by atoms with van der Waals surface area (Å²) >= 11 is 0. The number of ether oxygens (including phenoxy) is 1. The van der Waals surface area contributed by atoms with Crippen molar-refractivity contribution < 1.29 is 14.6 Å². The van der Waals surface area contributed by atoms with Gasteiger partial charge in [-0.05, 0) is 12.8 Å². The van der Waals surface area contributed by atoms with Crippen molar-refractivity contribution in [2.75, 3.05) is 13.7 Å². The molecule has 1 unspecified atom stereocenters.